The van der Waals surface area contributed by atoms with Gasteiger partial charge in [-0.25, -0.2) is 4.79 Å². The molecule has 14 heavy (non-hydrogen) atoms. The van der Waals surface area contributed by atoms with Gasteiger partial charge in [0, 0.05) is 6.54 Å². The molecule has 1 rings (SSSR count). The van der Waals surface area contributed by atoms with Gasteiger partial charge in [-0.2, -0.15) is 0 Å². The van der Waals surface area contributed by atoms with Gasteiger partial charge >= 0.3 is 6.09 Å². The Kier molecular flexibility index (Phi) is 4.46. The van der Waals surface area contributed by atoms with Crippen molar-refractivity contribution in [2.24, 2.45) is 0 Å². The Morgan fingerprint density at radius 2 is 2.36 bits per heavy atom. The van der Waals surface area contributed by atoms with Crippen LogP contribution in [-0.4, -0.2) is 19.2 Å². The molecule has 0 aliphatic rings. The number of rotatable bonds is 4. The van der Waals surface area contributed by atoms with E-state index in [0.29, 0.717) is 13.2 Å². The lowest BCUT2D eigenvalue weighted by Crippen LogP contribution is -2.30. The van der Waals surface area contributed by atoms with Gasteiger partial charge < -0.3 is 4.74 Å². The van der Waals surface area contributed by atoms with Crippen molar-refractivity contribution in [2.75, 3.05) is 18.1 Å². The molecule has 0 aliphatic heterocycles. The number of amides is 1. The third-order valence-corrected chi connectivity index (χ3v) is 2.63. The maximum Gasteiger partial charge on any atom is 0.414 e. The fourth-order valence-corrected chi connectivity index (χ4v) is 1.85. The van der Waals surface area contributed by atoms with Crippen molar-refractivity contribution in [3.8, 4) is 0 Å². The van der Waals surface area contributed by atoms with E-state index in [1.165, 1.54) is 0 Å². The summed E-state index contributed by atoms with van der Waals surface area (Å²) in [6, 6.07) is 3.84. The minimum Gasteiger partial charge on any atom is -0.449 e. The van der Waals surface area contributed by atoms with Gasteiger partial charge in [-0.3, -0.25) is 4.90 Å². The van der Waals surface area contributed by atoms with E-state index < -0.39 is 0 Å². The van der Waals surface area contributed by atoms with E-state index in [-0.39, 0.29) is 6.09 Å². The summed E-state index contributed by atoms with van der Waals surface area (Å²) in [5.41, 5.74) is 0. The van der Waals surface area contributed by atoms with Crippen LogP contribution in [0.2, 0.25) is 0 Å². The van der Waals surface area contributed by atoms with Crippen LogP contribution in [0.5, 0.6) is 0 Å². The first kappa shape index (κ1) is 11.0. The molecule has 4 heteroatoms. The minimum absolute atomic E-state index is 0.253. The molecular formula is C10H15NO2S. The molecule has 78 valence electrons. The van der Waals surface area contributed by atoms with Gasteiger partial charge in [0.25, 0.3) is 0 Å². The van der Waals surface area contributed by atoms with E-state index in [2.05, 4.69) is 0 Å². The van der Waals surface area contributed by atoms with Gasteiger partial charge in [0.2, 0.25) is 0 Å². The van der Waals surface area contributed by atoms with Crippen LogP contribution in [-0.2, 0) is 4.74 Å². The predicted octanol–water partition coefficient (Wildman–Crippen LogP) is 3.12. The Morgan fingerprint density at radius 1 is 1.57 bits per heavy atom. The van der Waals surface area contributed by atoms with E-state index in [4.69, 9.17) is 4.74 Å². The standard InChI is InChI=1S/C10H15NO2S/c1-3-7-13-10(12)11(4-2)9-6-5-8-14-9/h5-6,8H,3-4,7H2,1-2H3. The maximum atomic E-state index is 11.5. The first-order valence-corrected chi connectivity index (χ1v) is 5.65. The normalized spacial score (nSPS) is 9.86. The van der Waals surface area contributed by atoms with Crippen molar-refractivity contribution in [2.45, 2.75) is 20.3 Å². The van der Waals surface area contributed by atoms with E-state index in [0.717, 1.165) is 11.4 Å². The Balaban J connectivity index is 2.58. The number of anilines is 1. The van der Waals surface area contributed by atoms with Crippen LogP contribution in [0.25, 0.3) is 0 Å². The number of hydrogen-bond acceptors (Lipinski definition) is 3. The Bertz CT molecular complexity index is 272. The number of hydrogen-bond donors (Lipinski definition) is 0. The van der Waals surface area contributed by atoms with E-state index >= 15 is 0 Å². The number of thiophene rings is 1. The van der Waals surface area contributed by atoms with Gasteiger partial charge in [-0.1, -0.05) is 6.92 Å². The molecule has 0 saturated carbocycles. The summed E-state index contributed by atoms with van der Waals surface area (Å²) in [5, 5.41) is 2.89. The van der Waals surface area contributed by atoms with Crippen LogP contribution in [0.3, 0.4) is 0 Å². The molecule has 3 nitrogen and oxygen atoms in total. The zero-order valence-corrected chi connectivity index (χ0v) is 9.34. The molecule has 0 saturated heterocycles. The summed E-state index contributed by atoms with van der Waals surface area (Å²) in [7, 11) is 0. The lowest BCUT2D eigenvalue weighted by atomic mass is 10.5. The number of nitrogens with zero attached hydrogens (tertiary/aromatic N) is 1. The molecule has 1 heterocycles. The fraction of sp³-hybridized carbons (Fsp3) is 0.500. The van der Waals surface area contributed by atoms with Crippen molar-refractivity contribution in [3.05, 3.63) is 17.5 Å². The first-order valence-electron chi connectivity index (χ1n) is 4.77. The molecule has 0 N–H and O–H groups in total. The van der Waals surface area contributed by atoms with Crippen molar-refractivity contribution in [1.29, 1.82) is 0 Å². The van der Waals surface area contributed by atoms with Crippen LogP contribution in [0.4, 0.5) is 9.80 Å². The smallest absolute Gasteiger partial charge is 0.414 e. The van der Waals surface area contributed by atoms with Crippen molar-refractivity contribution in [3.63, 3.8) is 0 Å². The lowest BCUT2D eigenvalue weighted by molar-refractivity contribution is 0.154. The summed E-state index contributed by atoms with van der Waals surface area (Å²) in [4.78, 5) is 13.2. The molecule has 1 amide bonds. The largest absolute Gasteiger partial charge is 0.449 e. The molecule has 0 atom stereocenters. The molecule has 0 fully saturated rings. The van der Waals surface area contributed by atoms with Gasteiger partial charge in [0.05, 0.1) is 6.61 Å². The van der Waals surface area contributed by atoms with E-state index in [1.54, 1.807) is 16.2 Å². The predicted molar refractivity (Wildman–Crippen MR) is 59.0 cm³/mol. The molecule has 0 spiro atoms. The highest BCUT2D eigenvalue weighted by atomic mass is 32.1. The maximum absolute atomic E-state index is 11.5. The summed E-state index contributed by atoms with van der Waals surface area (Å²) < 4.78 is 5.06. The summed E-state index contributed by atoms with van der Waals surface area (Å²) in [6.45, 7) is 5.05. The third-order valence-electron chi connectivity index (χ3n) is 1.74. The highest BCUT2D eigenvalue weighted by Crippen LogP contribution is 2.21. The molecular weight excluding hydrogens is 198 g/mol. The minimum atomic E-state index is -0.253. The van der Waals surface area contributed by atoms with Crippen LogP contribution in [0.1, 0.15) is 20.3 Å². The molecule has 1 aromatic heterocycles. The number of carbonyl (C=O) groups is 1. The summed E-state index contributed by atoms with van der Waals surface area (Å²) in [5.74, 6) is 0. The van der Waals surface area contributed by atoms with Crippen molar-refractivity contribution >= 4 is 22.4 Å². The molecule has 0 bridgehead atoms. The van der Waals surface area contributed by atoms with Gasteiger partial charge in [-0.15, -0.1) is 11.3 Å². The van der Waals surface area contributed by atoms with Crippen molar-refractivity contribution < 1.29 is 9.53 Å². The fourth-order valence-electron chi connectivity index (χ4n) is 1.07. The van der Waals surface area contributed by atoms with Crippen LogP contribution < -0.4 is 4.90 Å². The second-order valence-electron chi connectivity index (χ2n) is 2.81. The quantitative estimate of drug-likeness (QED) is 0.769. The highest BCUT2D eigenvalue weighted by molar-refractivity contribution is 7.14. The third kappa shape index (κ3) is 2.73. The zero-order valence-electron chi connectivity index (χ0n) is 8.53. The Morgan fingerprint density at radius 3 is 2.86 bits per heavy atom. The Labute approximate surface area is 88.3 Å². The molecule has 0 aliphatic carbocycles. The molecule has 1 aromatic rings. The van der Waals surface area contributed by atoms with Crippen LogP contribution >= 0.6 is 11.3 Å². The van der Waals surface area contributed by atoms with E-state index in [1.807, 2.05) is 31.4 Å². The highest BCUT2D eigenvalue weighted by Gasteiger charge is 2.15. The van der Waals surface area contributed by atoms with Gasteiger partial charge in [0.1, 0.15) is 5.00 Å². The topological polar surface area (TPSA) is 29.5 Å². The zero-order chi connectivity index (χ0) is 10.4. The SMILES string of the molecule is CCCOC(=O)N(CC)c1cccs1. The second kappa shape index (κ2) is 5.65. The summed E-state index contributed by atoms with van der Waals surface area (Å²) in [6.07, 6.45) is 0.602. The van der Waals surface area contributed by atoms with Gasteiger partial charge in [-0.05, 0) is 30.9 Å². The van der Waals surface area contributed by atoms with E-state index in [9.17, 15) is 4.79 Å². The number of ether oxygens (including phenoxy) is 1. The van der Waals surface area contributed by atoms with Crippen molar-refractivity contribution in [1.82, 2.24) is 0 Å². The monoisotopic (exact) mass is 213 g/mol. The van der Waals surface area contributed by atoms with Crippen LogP contribution in [0, 0.1) is 0 Å². The average Bonchev–Trinajstić information content (AvgIpc) is 2.69. The summed E-state index contributed by atoms with van der Waals surface area (Å²) >= 11 is 1.54. The molecule has 0 radical (unpaired) electrons. The first-order chi connectivity index (χ1) is 6.79. The molecule has 0 aromatic carbocycles. The van der Waals surface area contributed by atoms with Crippen LogP contribution in [0.15, 0.2) is 17.5 Å². The molecule has 0 unspecified atom stereocenters. The average molecular weight is 213 g/mol. The second-order valence-corrected chi connectivity index (χ2v) is 3.74. The lowest BCUT2D eigenvalue weighted by Gasteiger charge is -2.17. The Hall–Kier alpha value is -1.03. The number of carbonyl (C=O) groups excluding carboxylic acids is 1. The van der Waals surface area contributed by atoms with Gasteiger partial charge in [0.15, 0.2) is 0 Å².